The summed E-state index contributed by atoms with van der Waals surface area (Å²) < 4.78 is 101. The molecule has 1 aliphatic heterocycles. The van der Waals surface area contributed by atoms with Gasteiger partial charge in [-0.2, -0.15) is 26.3 Å². The Morgan fingerprint density at radius 3 is 1.95 bits per heavy atom. The van der Waals surface area contributed by atoms with Gasteiger partial charge in [0.1, 0.15) is 11.4 Å². The van der Waals surface area contributed by atoms with Crippen molar-refractivity contribution < 1.29 is 45.1 Å². The van der Waals surface area contributed by atoms with Gasteiger partial charge in [-0.1, -0.05) is 19.9 Å². The molecule has 2 unspecified atom stereocenters. The summed E-state index contributed by atoms with van der Waals surface area (Å²) >= 11 is 0. The first-order valence-corrected chi connectivity index (χ1v) is 13.7. The molecule has 2 aromatic carbocycles. The third-order valence-corrected chi connectivity index (χ3v) is 7.17. The van der Waals surface area contributed by atoms with Gasteiger partial charge < -0.3 is 19.4 Å². The van der Waals surface area contributed by atoms with Crippen molar-refractivity contribution in [1.82, 2.24) is 14.7 Å². The lowest BCUT2D eigenvalue weighted by Gasteiger charge is -2.45. The number of urea groups is 1. The zero-order valence-electron chi connectivity index (χ0n) is 25.0. The van der Waals surface area contributed by atoms with E-state index in [0.717, 1.165) is 4.90 Å². The molecule has 2 atom stereocenters. The van der Waals surface area contributed by atoms with Crippen LogP contribution in [0.5, 0.6) is 0 Å². The van der Waals surface area contributed by atoms with Crippen LogP contribution in [0.2, 0.25) is 0 Å². The number of carbonyl (C=O) groups excluding carboxylic acids is 2. The second-order valence-electron chi connectivity index (χ2n) is 12.1. The molecule has 1 aliphatic rings. The monoisotopic (exact) mass is 619 g/mol. The molecule has 1 fully saturated rings. The van der Waals surface area contributed by atoms with Crippen molar-refractivity contribution in [3.63, 3.8) is 0 Å². The van der Waals surface area contributed by atoms with Gasteiger partial charge in [0.2, 0.25) is 0 Å². The first kappa shape index (κ1) is 34.0. The van der Waals surface area contributed by atoms with Gasteiger partial charge in [-0.05, 0) is 80.6 Å². The minimum atomic E-state index is -5.05. The predicted octanol–water partition coefficient (Wildman–Crippen LogP) is 8.21. The van der Waals surface area contributed by atoms with Gasteiger partial charge >= 0.3 is 24.5 Å². The molecule has 3 rings (SSSR count). The van der Waals surface area contributed by atoms with E-state index in [2.05, 4.69) is 0 Å². The minimum absolute atomic E-state index is 0.0227. The van der Waals surface area contributed by atoms with Crippen molar-refractivity contribution >= 4 is 12.1 Å². The normalized spacial score (nSPS) is 17.2. The van der Waals surface area contributed by atoms with Crippen LogP contribution in [-0.2, 0) is 17.1 Å². The van der Waals surface area contributed by atoms with E-state index in [9.17, 15) is 40.3 Å². The average molecular weight is 620 g/mol. The molecule has 238 valence electrons. The van der Waals surface area contributed by atoms with Gasteiger partial charge in [-0.15, -0.1) is 0 Å². The molecule has 0 N–H and O–H groups in total. The zero-order valence-corrected chi connectivity index (χ0v) is 25.0. The van der Waals surface area contributed by atoms with Crippen molar-refractivity contribution in [3.8, 4) is 0 Å². The lowest BCUT2D eigenvalue weighted by atomic mass is 9.91. The third-order valence-electron chi connectivity index (χ3n) is 7.17. The van der Waals surface area contributed by atoms with Crippen LogP contribution in [-0.4, -0.2) is 59.1 Å². The van der Waals surface area contributed by atoms with Gasteiger partial charge in [0, 0.05) is 26.7 Å². The Kier molecular flexibility index (Phi) is 9.67. The smallest absolute Gasteiger partial charge is 0.416 e. The van der Waals surface area contributed by atoms with Crippen molar-refractivity contribution in [1.29, 1.82) is 0 Å². The molecule has 2 aromatic rings. The number of carbonyl (C=O) groups is 2. The van der Waals surface area contributed by atoms with Crippen molar-refractivity contribution in [3.05, 3.63) is 70.0 Å². The molecule has 0 aliphatic carbocycles. The van der Waals surface area contributed by atoms with Crippen LogP contribution in [0.15, 0.2) is 36.4 Å². The number of aryl methyl sites for hydroxylation is 1. The maximum absolute atomic E-state index is 14.0. The number of halogens is 7. The summed E-state index contributed by atoms with van der Waals surface area (Å²) in [5.74, 6) is -1.10. The maximum atomic E-state index is 14.0. The fourth-order valence-corrected chi connectivity index (χ4v) is 5.31. The predicted molar refractivity (Wildman–Crippen MR) is 146 cm³/mol. The number of ether oxygens (including phenoxy) is 1. The average Bonchev–Trinajstić information content (AvgIpc) is 2.85. The number of benzene rings is 2. The van der Waals surface area contributed by atoms with Crippen LogP contribution in [0, 0.1) is 18.7 Å². The number of hydrogen-bond donors (Lipinski definition) is 0. The molecule has 1 saturated heterocycles. The Labute approximate surface area is 246 Å². The zero-order chi connectivity index (χ0) is 32.7. The first-order chi connectivity index (χ1) is 19.6. The fraction of sp³-hybridized carbons (Fsp3) is 0.533. The van der Waals surface area contributed by atoms with Gasteiger partial charge in [0.25, 0.3) is 0 Å². The molecule has 0 bridgehead atoms. The quantitative estimate of drug-likeness (QED) is 0.324. The first-order valence-electron chi connectivity index (χ1n) is 13.7. The van der Waals surface area contributed by atoms with E-state index in [0.29, 0.717) is 23.3 Å². The van der Waals surface area contributed by atoms with Gasteiger partial charge in [-0.3, -0.25) is 0 Å². The maximum Gasteiger partial charge on any atom is 0.416 e. The minimum Gasteiger partial charge on any atom is -0.444 e. The number of rotatable bonds is 4. The summed E-state index contributed by atoms with van der Waals surface area (Å²) in [6.45, 7) is 9.91. The lowest BCUT2D eigenvalue weighted by Crippen LogP contribution is -2.56. The topological polar surface area (TPSA) is 53.1 Å². The van der Waals surface area contributed by atoms with E-state index >= 15 is 0 Å². The Balaban J connectivity index is 2.05. The Morgan fingerprint density at radius 2 is 1.49 bits per heavy atom. The van der Waals surface area contributed by atoms with Gasteiger partial charge in [0.15, 0.2) is 0 Å². The summed E-state index contributed by atoms with van der Waals surface area (Å²) in [7, 11) is 1.31. The molecule has 1 heterocycles. The van der Waals surface area contributed by atoms with E-state index in [1.54, 1.807) is 41.5 Å². The van der Waals surface area contributed by atoms with E-state index in [1.807, 2.05) is 0 Å². The number of hydrogen-bond acceptors (Lipinski definition) is 3. The SMILES string of the molecule is Cc1cc(F)ccc1C1CN(C(=O)OC(C)(C)C)CCN1C(=O)N(C)C(c1cc(C(F)(F)F)cc(C(F)(F)F)c1)C(C)C. The fourth-order valence-electron chi connectivity index (χ4n) is 5.31. The highest BCUT2D eigenvalue weighted by molar-refractivity contribution is 5.76. The second-order valence-corrected chi connectivity index (χ2v) is 12.1. The Morgan fingerprint density at radius 1 is 0.930 bits per heavy atom. The molecule has 0 spiro atoms. The molecule has 0 aromatic heterocycles. The Hall–Kier alpha value is -3.51. The molecule has 13 heteroatoms. The van der Waals surface area contributed by atoms with Crippen LogP contribution < -0.4 is 0 Å². The van der Waals surface area contributed by atoms with Gasteiger partial charge in [-0.25, -0.2) is 14.0 Å². The van der Waals surface area contributed by atoms with Crippen LogP contribution >= 0.6 is 0 Å². The highest BCUT2D eigenvalue weighted by Crippen LogP contribution is 2.40. The molecular weight excluding hydrogens is 583 g/mol. The largest absolute Gasteiger partial charge is 0.444 e. The van der Waals surface area contributed by atoms with Crippen molar-refractivity contribution in [2.75, 3.05) is 26.7 Å². The van der Waals surface area contributed by atoms with Crippen LogP contribution in [0.4, 0.5) is 40.3 Å². The highest BCUT2D eigenvalue weighted by Gasteiger charge is 2.41. The molecule has 0 saturated carbocycles. The molecular formula is C30H36F7N3O3. The lowest BCUT2D eigenvalue weighted by molar-refractivity contribution is -0.143. The number of piperazine rings is 1. The second kappa shape index (κ2) is 12.2. The van der Waals surface area contributed by atoms with Crippen LogP contribution in [0.25, 0.3) is 0 Å². The molecule has 6 nitrogen and oxygen atoms in total. The van der Waals surface area contributed by atoms with E-state index in [-0.39, 0.29) is 31.3 Å². The van der Waals surface area contributed by atoms with Crippen LogP contribution in [0.1, 0.15) is 74.5 Å². The van der Waals surface area contributed by atoms with Gasteiger partial charge in [0.05, 0.1) is 23.2 Å². The van der Waals surface area contributed by atoms with Crippen molar-refractivity contribution in [2.45, 2.75) is 71.6 Å². The summed E-state index contributed by atoms with van der Waals surface area (Å²) in [6.07, 6.45) is -10.7. The standard InChI is InChI=1S/C30H36F7N3O3/c1-17(2)25(19-13-20(29(32,33)34)15-21(14-19)30(35,36)37)38(7)26(41)40-11-10-39(27(42)43-28(4,5)6)16-24(40)23-9-8-22(31)12-18(23)3/h8-9,12-15,17,24-25H,10-11,16H2,1-7H3. The summed E-state index contributed by atoms with van der Waals surface area (Å²) in [5, 5.41) is 0. The third kappa shape index (κ3) is 8.11. The number of nitrogens with zero attached hydrogens (tertiary/aromatic N) is 3. The summed E-state index contributed by atoms with van der Waals surface area (Å²) in [6, 6.07) is 2.61. The van der Waals surface area contributed by atoms with Crippen molar-refractivity contribution in [2.24, 2.45) is 5.92 Å². The van der Waals surface area contributed by atoms with Crippen LogP contribution in [0.3, 0.4) is 0 Å². The Bertz CT molecular complexity index is 1300. The van der Waals surface area contributed by atoms with E-state index in [1.165, 1.54) is 35.0 Å². The summed E-state index contributed by atoms with van der Waals surface area (Å²) in [5.41, 5.74) is -3.06. The molecule has 3 amide bonds. The van der Waals surface area contributed by atoms with E-state index < -0.39 is 65.0 Å². The summed E-state index contributed by atoms with van der Waals surface area (Å²) in [4.78, 5) is 30.9. The molecule has 43 heavy (non-hydrogen) atoms. The highest BCUT2D eigenvalue weighted by atomic mass is 19.4. The number of amides is 3. The molecule has 0 radical (unpaired) electrons. The van der Waals surface area contributed by atoms with E-state index in [4.69, 9.17) is 4.74 Å². The number of alkyl halides is 6.